The number of hydrogen-bond acceptors (Lipinski definition) is 3. The van der Waals surface area contributed by atoms with Crippen molar-refractivity contribution in [1.82, 2.24) is 5.48 Å². The van der Waals surface area contributed by atoms with Crippen LogP contribution in [0.4, 0.5) is 0 Å². The number of hydrogen-bond donors (Lipinski definition) is 3. The lowest BCUT2D eigenvalue weighted by molar-refractivity contribution is 0.238. The van der Waals surface area contributed by atoms with E-state index >= 15 is 0 Å². The van der Waals surface area contributed by atoms with Gasteiger partial charge in [0.2, 0.25) is 0 Å². The van der Waals surface area contributed by atoms with Gasteiger partial charge in [-0.05, 0) is 12.1 Å². The van der Waals surface area contributed by atoms with Crippen molar-refractivity contribution in [3.05, 3.63) is 29.8 Å². The zero-order chi connectivity index (χ0) is 8.27. The van der Waals surface area contributed by atoms with E-state index in [1.54, 1.807) is 12.1 Å². The fraction of sp³-hybridized carbons (Fsp3) is 0. The maximum atomic E-state index is 8.99. The molecule has 1 aromatic carbocycles. The fourth-order valence-electron chi connectivity index (χ4n) is 0.712. The highest BCUT2D eigenvalue weighted by Gasteiger charge is 1.98. The first-order valence-electron chi connectivity index (χ1n) is 2.97. The summed E-state index contributed by atoms with van der Waals surface area (Å²) >= 11 is 4.71. The first kappa shape index (κ1) is 7.97. The topological polar surface area (TPSA) is 52.5 Å². The molecule has 0 bridgehead atoms. The molecular weight excluding hydrogens is 162 g/mol. The summed E-state index contributed by atoms with van der Waals surface area (Å²) in [6.07, 6.45) is 0. The van der Waals surface area contributed by atoms with Gasteiger partial charge in [0, 0.05) is 5.56 Å². The van der Waals surface area contributed by atoms with E-state index < -0.39 is 0 Å². The molecule has 0 atom stereocenters. The molecule has 4 heteroatoms. The first-order chi connectivity index (χ1) is 5.24. The molecule has 0 saturated heterocycles. The van der Waals surface area contributed by atoms with E-state index in [0.717, 1.165) is 0 Å². The van der Waals surface area contributed by atoms with Gasteiger partial charge in [0.25, 0.3) is 0 Å². The van der Waals surface area contributed by atoms with Crippen LogP contribution >= 0.6 is 12.2 Å². The van der Waals surface area contributed by atoms with Crippen molar-refractivity contribution >= 4 is 17.2 Å². The number of nitrogens with one attached hydrogen (secondary N) is 1. The molecule has 0 unspecified atom stereocenters. The van der Waals surface area contributed by atoms with Crippen LogP contribution in [0.3, 0.4) is 0 Å². The maximum Gasteiger partial charge on any atom is 0.130 e. The van der Waals surface area contributed by atoms with Crippen LogP contribution in [-0.4, -0.2) is 15.3 Å². The molecule has 1 rings (SSSR count). The summed E-state index contributed by atoms with van der Waals surface area (Å²) < 4.78 is 0. The average Bonchev–Trinajstić information content (AvgIpc) is 2.03. The zero-order valence-corrected chi connectivity index (χ0v) is 6.43. The molecule has 0 heterocycles. The van der Waals surface area contributed by atoms with E-state index in [-0.39, 0.29) is 10.7 Å². The molecular formula is C7H7NO2S. The lowest BCUT2D eigenvalue weighted by atomic mass is 10.2. The van der Waals surface area contributed by atoms with Crippen molar-refractivity contribution in [2.75, 3.05) is 0 Å². The van der Waals surface area contributed by atoms with Gasteiger partial charge < -0.3 is 5.11 Å². The van der Waals surface area contributed by atoms with Crippen LogP contribution in [0.25, 0.3) is 0 Å². The Labute approximate surface area is 69.2 Å². The third kappa shape index (κ3) is 1.89. The Bertz CT molecular complexity index is 275. The quantitative estimate of drug-likeness (QED) is 0.434. The smallest absolute Gasteiger partial charge is 0.130 e. The van der Waals surface area contributed by atoms with Crippen LogP contribution in [0, 0.1) is 0 Å². The molecule has 0 amide bonds. The van der Waals surface area contributed by atoms with Gasteiger partial charge in [-0.2, -0.15) is 0 Å². The third-order valence-corrected chi connectivity index (χ3v) is 1.54. The Morgan fingerprint density at radius 2 is 2.18 bits per heavy atom. The van der Waals surface area contributed by atoms with Crippen LogP contribution in [-0.2, 0) is 0 Å². The van der Waals surface area contributed by atoms with Gasteiger partial charge in [-0.3, -0.25) is 10.7 Å². The Morgan fingerprint density at radius 1 is 1.45 bits per heavy atom. The monoisotopic (exact) mass is 169 g/mol. The number of rotatable bonds is 1. The molecule has 3 nitrogen and oxygen atoms in total. The summed E-state index contributed by atoms with van der Waals surface area (Å²) in [7, 11) is 0. The summed E-state index contributed by atoms with van der Waals surface area (Å²) in [5, 5.41) is 17.4. The number of thiocarbonyl (C=S) groups is 1. The first-order valence-corrected chi connectivity index (χ1v) is 3.38. The molecule has 0 aromatic heterocycles. The molecule has 1 aromatic rings. The molecule has 0 radical (unpaired) electrons. The Balaban J connectivity index is 2.96. The van der Waals surface area contributed by atoms with Gasteiger partial charge in [-0.1, -0.05) is 24.4 Å². The second kappa shape index (κ2) is 3.32. The summed E-state index contributed by atoms with van der Waals surface area (Å²) in [5.41, 5.74) is 2.41. The largest absolute Gasteiger partial charge is 0.508 e. The van der Waals surface area contributed by atoms with Crippen molar-refractivity contribution < 1.29 is 10.3 Å². The number of benzene rings is 1. The lowest BCUT2D eigenvalue weighted by Crippen LogP contribution is -2.16. The number of phenols is 1. The molecule has 0 saturated carbocycles. The fourth-order valence-corrected chi connectivity index (χ4v) is 0.839. The van der Waals surface area contributed by atoms with Crippen LogP contribution in [0.1, 0.15) is 5.56 Å². The van der Waals surface area contributed by atoms with Crippen molar-refractivity contribution in [3.8, 4) is 5.75 Å². The highest BCUT2D eigenvalue weighted by Crippen LogP contribution is 2.10. The SMILES string of the molecule is ONC(=S)c1cccc(O)c1. The highest BCUT2D eigenvalue weighted by atomic mass is 32.1. The standard InChI is InChI=1S/C7H7NO2S/c9-6-3-1-2-5(4-6)7(11)8-10/h1-4,9-10H,(H,8,11). The average molecular weight is 169 g/mol. The Kier molecular flexibility index (Phi) is 2.40. The third-order valence-electron chi connectivity index (χ3n) is 1.21. The minimum Gasteiger partial charge on any atom is -0.508 e. The van der Waals surface area contributed by atoms with Crippen LogP contribution in [0.5, 0.6) is 5.75 Å². The van der Waals surface area contributed by atoms with Crippen molar-refractivity contribution in [2.24, 2.45) is 0 Å². The van der Waals surface area contributed by atoms with Gasteiger partial charge in [-0.15, -0.1) is 0 Å². The number of phenolic OH excluding ortho intramolecular Hbond substituents is 1. The van der Waals surface area contributed by atoms with Crippen LogP contribution in [0.15, 0.2) is 24.3 Å². The Hall–Kier alpha value is -1.13. The second-order valence-corrected chi connectivity index (χ2v) is 2.40. The van der Waals surface area contributed by atoms with Crippen molar-refractivity contribution in [2.45, 2.75) is 0 Å². The van der Waals surface area contributed by atoms with E-state index in [0.29, 0.717) is 5.56 Å². The van der Waals surface area contributed by atoms with Crippen LogP contribution < -0.4 is 5.48 Å². The molecule has 0 spiro atoms. The molecule has 58 valence electrons. The van der Waals surface area contributed by atoms with Gasteiger partial charge >= 0.3 is 0 Å². The molecule has 3 N–H and O–H groups in total. The molecule has 0 aliphatic heterocycles. The normalized spacial score (nSPS) is 9.18. The zero-order valence-electron chi connectivity index (χ0n) is 5.61. The van der Waals surface area contributed by atoms with Gasteiger partial charge in [-0.25, -0.2) is 0 Å². The van der Waals surface area contributed by atoms with E-state index in [2.05, 4.69) is 0 Å². The summed E-state index contributed by atoms with van der Waals surface area (Å²) in [4.78, 5) is 0.195. The van der Waals surface area contributed by atoms with E-state index in [1.165, 1.54) is 12.1 Å². The number of hydroxylamine groups is 1. The molecule has 11 heavy (non-hydrogen) atoms. The number of aromatic hydroxyl groups is 1. The summed E-state index contributed by atoms with van der Waals surface area (Å²) in [5.74, 6) is 0.125. The van der Waals surface area contributed by atoms with Gasteiger partial charge in [0.15, 0.2) is 0 Å². The summed E-state index contributed by atoms with van der Waals surface area (Å²) in [6, 6.07) is 6.33. The van der Waals surface area contributed by atoms with Gasteiger partial charge in [0.1, 0.15) is 10.7 Å². The molecule has 0 aliphatic rings. The van der Waals surface area contributed by atoms with E-state index in [9.17, 15) is 0 Å². The Morgan fingerprint density at radius 3 is 2.73 bits per heavy atom. The minimum absolute atomic E-state index is 0.125. The van der Waals surface area contributed by atoms with Crippen molar-refractivity contribution in [3.63, 3.8) is 0 Å². The second-order valence-electron chi connectivity index (χ2n) is 1.99. The molecule has 0 aliphatic carbocycles. The van der Waals surface area contributed by atoms with Gasteiger partial charge in [0.05, 0.1) is 0 Å². The maximum absolute atomic E-state index is 8.99. The molecule has 0 fully saturated rings. The van der Waals surface area contributed by atoms with Crippen LogP contribution in [0.2, 0.25) is 0 Å². The summed E-state index contributed by atoms with van der Waals surface area (Å²) in [6.45, 7) is 0. The predicted molar refractivity (Wildman–Crippen MR) is 44.7 cm³/mol. The van der Waals surface area contributed by atoms with E-state index in [4.69, 9.17) is 22.5 Å². The minimum atomic E-state index is 0.125. The highest BCUT2D eigenvalue weighted by molar-refractivity contribution is 7.80. The predicted octanol–water partition coefficient (Wildman–Crippen LogP) is 1.05. The van der Waals surface area contributed by atoms with E-state index in [1.807, 2.05) is 5.48 Å². The lowest BCUT2D eigenvalue weighted by Gasteiger charge is -2.00. The van der Waals surface area contributed by atoms with Crippen molar-refractivity contribution in [1.29, 1.82) is 0 Å².